The van der Waals surface area contributed by atoms with Gasteiger partial charge in [-0.3, -0.25) is 4.68 Å². The topological polar surface area (TPSA) is 29.9 Å². The van der Waals surface area contributed by atoms with Crippen molar-refractivity contribution in [2.24, 2.45) is 7.05 Å². The summed E-state index contributed by atoms with van der Waals surface area (Å²) >= 11 is 0. The molecule has 0 amide bonds. The first-order valence-electron chi connectivity index (χ1n) is 5.78. The molecule has 0 saturated heterocycles. The van der Waals surface area contributed by atoms with E-state index in [4.69, 9.17) is 0 Å². The molecule has 1 aromatic carbocycles. The number of hydrogen-bond acceptors (Lipinski definition) is 2. The van der Waals surface area contributed by atoms with Gasteiger partial charge in [-0.2, -0.15) is 5.10 Å². The van der Waals surface area contributed by atoms with Crippen LogP contribution in [0.4, 0.5) is 8.78 Å². The van der Waals surface area contributed by atoms with Gasteiger partial charge in [-0.1, -0.05) is 0 Å². The maximum absolute atomic E-state index is 12.9. The molecule has 3 nitrogen and oxygen atoms in total. The Balaban J connectivity index is 1.78. The normalized spacial score (nSPS) is 10.8. The quantitative estimate of drug-likeness (QED) is 0.824. The highest BCUT2D eigenvalue weighted by atomic mass is 19.1. The van der Waals surface area contributed by atoms with Crippen LogP contribution in [0.5, 0.6) is 0 Å². The largest absolute Gasteiger partial charge is 0.311 e. The molecule has 18 heavy (non-hydrogen) atoms. The molecule has 0 aliphatic rings. The van der Waals surface area contributed by atoms with Crippen LogP contribution in [0.1, 0.15) is 11.3 Å². The van der Waals surface area contributed by atoms with Gasteiger partial charge in [0, 0.05) is 25.9 Å². The smallest absolute Gasteiger partial charge is 0.126 e. The van der Waals surface area contributed by atoms with E-state index in [1.165, 1.54) is 12.1 Å². The summed E-state index contributed by atoms with van der Waals surface area (Å²) in [7, 11) is 1.86. The first-order chi connectivity index (χ1) is 8.63. The Labute approximate surface area is 104 Å². The van der Waals surface area contributed by atoms with Crippen molar-refractivity contribution in [1.82, 2.24) is 15.1 Å². The fourth-order valence-electron chi connectivity index (χ4n) is 1.76. The first kappa shape index (κ1) is 12.7. The van der Waals surface area contributed by atoms with Gasteiger partial charge in [0.1, 0.15) is 11.6 Å². The lowest BCUT2D eigenvalue weighted by atomic mass is 10.1. The molecule has 1 N–H and O–H groups in total. The van der Waals surface area contributed by atoms with Gasteiger partial charge in [0.2, 0.25) is 0 Å². The van der Waals surface area contributed by atoms with Crippen LogP contribution in [0.2, 0.25) is 0 Å². The summed E-state index contributed by atoms with van der Waals surface area (Å²) in [6.07, 6.45) is 2.46. The molecule has 0 aliphatic heterocycles. The van der Waals surface area contributed by atoms with Crippen molar-refractivity contribution in [2.75, 3.05) is 6.54 Å². The zero-order valence-corrected chi connectivity index (χ0v) is 10.2. The van der Waals surface area contributed by atoms with Crippen LogP contribution in [-0.4, -0.2) is 16.3 Å². The maximum Gasteiger partial charge on any atom is 0.126 e. The van der Waals surface area contributed by atoms with Crippen molar-refractivity contribution in [3.8, 4) is 0 Å². The molecule has 1 heterocycles. The van der Waals surface area contributed by atoms with Gasteiger partial charge < -0.3 is 5.32 Å². The van der Waals surface area contributed by atoms with Crippen LogP contribution in [0.15, 0.2) is 30.5 Å². The molecular formula is C13H15F2N3. The summed E-state index contributed by atoms with van der Waals surface area (Å²) in [4.78, 5) is 0. The highest BCUT2D eigenvalue weighted by Crippen LogP contribution is 2.08. The minimum absolute atomic E-state index is 0.533. The van der Waals surface area contributed by atoms with E-state index in [1.54, 1.807) is 4.68 Å². The standard InChI is InChI=1S/C13H15F2N3/c1-18-5-3-13(17-18)9-16-4-2-10-6-11(14)8-12(15)7-10/h3,5-8,16H,2,4,9H2,1H3. The fraction of sp³-hybridized carbons (Fsp3) is 0.308. The Hall–Kier alpha value is -1.75. The molecule has 0 saturated carbocycles. The Morgan fingerprint density at radius 1 is 1.22 bits per heavy atom. The van der Waals surface area contributed by atoms with Gasteiger partial charge in [0.15, 0.2) is 0 Å². The molecule has 0 aliphatic carbocycles. The van der Waals surface area contributed by atoms with Crippen LogP contribution < -0.4 is 5.32 Å². The maximum atomic E-state index is 12.9. The number of halogens is 2. The third kappa shape index (κ3) is 3.63. The lowest BCUT2D eigenvalue weighted by Gasteiger charge is -2.04. The average Bonchev–Trinajstić information content (AvgIpc) is 2.69. The second kappa shape index (κ2) is 5.73. The number of benzene rings is 1. The number of nitrogens with zero attached hydrogens (tertiary/aromatic N) is 2. The van der Waals surface area contributed by atoms with E-state index >= 15 is 0 Å². The summed E-state index contributed by atoms with van der Waals surface area (Å²) in [5.41, 5.74) is 1.60. The summed E-state index contributed by atoms with van der Waals surface area (Å²) < 4.78 is 27.6. The van der Waals surface area contributed by atoms with Crippen molar-refractivity contribution >= 4 is 0 Å². The minimum Gasteiger partial charge on any atom is -0.311 e. The van der Waals surface area contributed by atoms with Crippen molar-refractivity contribution in [3.05, 3.63) is 53.4 Å². The third-order valence-corrected chi connectivity index (χ3v) is 2.59. The summed E-state index contributed by atoms with van der Waals surface area (Å²) in [6.45, 7) is 1.30. The number of rotatable bonds is 5. The predicted molar refractivity (Wildman–Crippen MR) is 65.0 cm³/mol. The second-order valence-electron chi connectivity index (χ2n) is 4.19. The summed E-state index contributed by atoms with van der Waals surface area (Å²) in [5, 5.41) is 7.40. The Kier molecular flexibility index (Phi) is 4.04. The van der Waals surface area contributed by atoms with E-state index < -0.39 is 11.6 Å². The van der Waals surface area contributed by atoms with Gasteiger partial charge in [0.25, 0.3) is 0 Å². The number of aryl methyl sites for hydroxylation is 1. The monoisotopic (exact) mass is 251 g/mol. The highest BCUT2D eigenvalue weighted by molar-refractivity contribution is 5.18. The van der Waals surface area contributed by atoms with Crippen LogP contribution >= 0.6 is 0 Å². The van der Waals surface area contributed by atoms with Crippen LogP contribution in [0.25, 0.3) is 0 Å². The second-order valence-corrected chi connectivity index (χ2v) is 4.19. The van der Waals surface area contributed by atoms with E-state index in [2.05, 4.69) is 10.4 Å². The molecular weight excluding hydrogens is 236 g/mol. The number of hydrogen-bond donors (Lipinski definition) is 1. The van der Waals surface area contributed by atoms with Crippen molar-refractivity contribution in [2.45, 2.75) is 13.0 Å². The minimum atomic E-state index is -0.533. The molecule has 0 spiro atoms. The molecule has 0 bridgehead atoms. The zero-order valence-electron chi connectivity index (χ0n) is 10.2. The van der Waals surface area contributed by atoms with E-state index in [0.29, 0.717) is 25.1 Å². The molecule has 1 aromatic heterocycles. The third-order valence-electron chi connectivity index (χ3n) is 2.59. The molecule has 0 radical (unpaired) electrons. The Bertz CT molecular complexity index is 502. The summed E-state index contributed by atoms with van der Waals surface area (Å²) in [6, 6.07) is 5.51. The number of aromatic nitrogens is 2. The van der Waals surface area contributed by atoms with E-state index in [1.807, 2.05) is 19.3 Å². The molecule has 2 aromatic rings. The highest BCUT2D eigenvalue weighted by Gasteiger charge is 2.01. The van der Waals surface area contributed by atoms with Crippen molar-refractivity contribution in [1.29, 1.82) is 0 Å². The van der Waals surface area contributed by atoms with Crippen molar-refractivity contribution in [3.63, 3.8) is 0 Å². The zero-order chi connectivity index (χ0) is 13.0. The molecule has 5 heteroatoms. The van der Waals surface area contributed by atoms with Gasteiger partial charge in [-0.25, -0.2) is 8.78 Å². The molecule has 0 unspecified atom stereocenters. The van der Waals surface area contributed by atoms with E-state index in [9.17, 15) is 8.78 Å². The molecule has 96 valence electrons. The molecule has 0 fully saturated rings. The van der Waals surface area contributed by atoms with Crippen LogP contribution in [-0.2, 0) is 20.0 Å². The van der Waals surface area contributed by atoms with E-state index in [-0.39, 0.29) is 0 Å². The fourth-order valence-corrected chi connectivity index (χ4v) is 1.76. The SMILES string of the molecule is Cn1ccc(CNCCc2cc(F)cc(F)c2)n1. The van der Waals surface area contributed by atoms with Crippen LogP contribution in [0, 0.1) is 11.6 Å². The van der Waals surface area contributed by atoms with Crippen molar-refractivity contribution < 1.29 is 8.78 Å². The van der Waals surface area contributed by atoms with Gasteiger partial charge in [0.05, 0.1) is 5.69 Å². The lowest BCUT2D eigenvalue weighted by molar-refractivity contribution is 0.577. The van der Waals surface area contributed by atoms with Gasteiger partial charge >= 0.3 is 0 Å². The predicted octanol–water partition coefficient (Wildman–Crippen LogP) is 2.03. The molecule has 2 rings (SSSR count). The lowest BCUT2D eigenvalue weighted by Crippen LogP contribution is -2.17. The molecule has 0 atom stereocenters. The number of nitrogens with one attached hydrogen (secondary N) is 1. The van der Waals surface area contributed by atoms with Crippen LogP contribution in [0.3, 0.4) is 0 Å². The van der Waals surface area contributed by atoms with Gasteiger partial charge in [-0.15, -0.1) is 0 Å². The average molecular weight is 251 g/mol. The Morgan fingerprint density at radius 3 is 2.56 bits per heavy atom. The summed E-state index contributed by atoms with van der Waals surface area (Å²) in [5.74, 6) is -1.07. The van der Waals surface area contributed by atoms with E-state index in [0.717, 1.165) is 11.8 Å². The first-order valence-corrected chi connectivity index (χ1v) is 5.78. The Morgan fingerprint density at radius 2 is 1.94 bits per heavy atom. The van der Waals surface area contributed by atoms with Gasteiger partial charge in [-0.05, 0) is 36.7 Å².